The van der Waals surface area contributed by atoms with Gasteiger partial charge in [-0.3, -0.25) is 4.79 Å². The third-order valence-corrected chi connectivity index (χ3v) is 6.08. The number of carbonyl (C=O) groups is 1. The highest BCUT2D eigenvalue weighted by Crippen LogP contribution is 2.32. The molecule has 9 heteroatoms. The Morgan fingerprint density at radius 1 is 1.03 bits per heavy atom. The first-order valence-electron chi connectivity index (χ1n) is 10.4. The largest absolute Gasteiger partial charge is 0.497 e. The fourth-order valence-corrected chi connectivity index (χ4v) is 3.90. The molecule has 4 aromatic rings. The fraction of sp³-hybridized carbons (Fsp3) is 0.120. The summed E-state index contributed by atoms with van der Waals surface area (Å²) in [5, 5.41) is 8.41. The summed E-state index contributed by atoms with van der Waals surface area (Å²) in [4.78, 5) is 13.3. The minimum atomic E-state index is -0.301. The van der Waals surface area contributed by atoms with Crippen LogP contribution in [0, 0.1) is 0 Å². The maximum Gasteiger partial charge on any atom is 0.270 e. The van der Waals surface area contributed by atoms with Gasteiger partial charge in [0.05, 0.1) is 28.5 Å². The average molecular weight is 496 g/mol. The Hall–Kier alpha value is -3.68. The molecule has 2 heterocycles. The lowest BCUT2D eigenvalue weighted by atomic mass is 10.1. The molecule has 1 aromatic heterocycles. The van der Waals surface area contributed by atoms with Gasteiger partial charge in [-0.15, -0.1) is 0 Å². The van der Waals surface area contributed by atoms with Gasteiger partial charge in [-0.1, -0.05) is 41.4 Å². The number of aromatic nitrogens is 2. The molecule has 0 bridgehead atoms. The number of fused-ring (bicyclic) bond motifs is 1. The van der Waals surface area contributed by atoms with Crippen molar-refractivity contribution < 1.29 is 19.0 Å². The summed E-state index contributed by atoms with van der Waals surface area (Å²) >= 11 is 12.3. The van der Waals surface area contributed by atoms with Crippen LogP contribution in [0.15, 0.2) is 66.7 Å². The lowest BCUT2D eigenvalue weighted by Crippen LogP contribution is -2.25. The molecule has 5 rings (SSSR count). The number of ether oxygens (including phenoxy) is 3. The highest BCUT2D eigenvalue weighted by molar-refractivity contribution is 6.42. The normalized spacial score (nSPS) is 12.0. The molecular formula is C25H19Cl2N3O4. The molecule has 1 N–H and O–H groups in total. The van der Waals surface area contributed by atoms with E-state index in [0.717, 1.165) is 11.1 Å². The van der Waals surface area contributed by atoms with E-state index in [9.17, 15) is 4.79 Å². The van der Waals surface area contributed by atoms with Crippen molar-refractivity contribution in [3.8, 4) is 34.2 Å². The Balaban J connectivity index is 1.48. The van der Waals surface area contributed by atoms with E-state index in [1.54, 1.807) is 36.1 Å². The monoisotopic (exact) mass is 495 g/mol. The van der Waals surface area contributed by atoms with Gasteiger partial charge in [-0.2, -0.15) is 5.10 Å². The van der Waals surface area contributed by atoms with Crippen LogP contribution in [0.2, 0.25) is 10.0 Å². The Bertz CT molecular complexity index is 1390. The van der Waals surface area contributed by atoms with Gasteiger partial charge in [0.15, 0.2) is 11.5 Å². The Kier molecular flexibility index (Phi) is 6.04. The predicted octanol–water partition coefficient (Wildman–Crippen LogP) is 5.51. The second-order valence-electron chi connectivity index (χ2n) is 7.53. The second kappa shape index (κ2) is 9.29. The zero-order valence-electron chi connectivity index (χ0n) is 18.0. The molecule has 1 amide bonds. The number of methoxy groups -OCH3 is 1. The average Bonchev–Trinajstić information content (AvgIpc) is 3.51. The van der Waals surface area contributed by atoms with Gasteiger partial charge in [0.1, 0.15) is 11.4 Å². The number of rotatable bonds is 6. The topological polar surface area (TPSA) is 74.6 Å². The minimum Gasteiger partial charge on any atom is -0.497 e. The summed E-state index contributed by atoms with van der Waals surface area (Å²) in [6, 6.07) is 19.8. The highest BCUT2D eigenvalue weighted by atomic mass is 35.5. The van der Waals surface area contributed by atoms with Gasteiger partial charge >= 0.3 is 0 Å². The van der Waals surface area contributed by atoms with Gasteiger partial charge in [-0.25, -0.2) is 4.68 Å². The van der Waals surface area contributed by atoms with E-state index >= 15 is 0 Å². The smallest absolute Gasteiger partial charge is 0.270 e. The molecule has 0 spiro atoms. The van der Waals surface area contributed by atoms with Crippen LogP contribution in [0.5, 0.6) is 17.2 Å². The standard InChI is InChI=1S/C25H19Cl2N3O4/c1-32-18-4-2-3-16(10-18)21-12-22(30(29-21)17-6-7-19(26)20(27)11-17)25(31)28-13-15-5-8-23-24(9-15)34-14-33-23/h2-12H,13-14H2,1H3,(H,28,31). The molecule has 0 saturated carbocycles. The molecule has 0 unspecified atom stereocenters. The first-order valence-corrected chi connectivity index (χ1v) is 11.1. The number of nitrogens with one attached hydrogen (secondary N) is 1. The van der Waals surface area contributed by atoms with E-state index in [1.165, 1.54) is 0 Å². The molecule has 1 aliphatic heterocycles. The Morgan fingerprint density at radius 2 is 1.88 bits per heavy atom. The van der Waals surface area contributed by atoms with Crippen LogP contribution in [0.4, 0.5) is 0 Å². The van der Waals surface area contributed by atoms with Crippen molar-refractivity contribution >= 4 is 29.1 Å². The van der Waals surface area contributed by atoms with Crippen molar-refractivity contribution in [2.45, 2.75) is 6.54 Å². The van der Waals surface area contributed by atoms with Crippen molar-refractivity contribution in [1.82, 2.24) is 15.1 Å². The molecule has 172 valence electrons. The lowest BCUT2D eigenvalue weighted by molar-refractivity contribution is 0.0943. The lowest BCUT2D eigenvalue weighted by Gasteiger charge is -2.10. The maximum absolute atomic E-state index is 13.3. The third kappa shape index (κ3) is 4.40. The van der Waals surface area contributed by atoms with E-state index < -0.39 is 0 Å². The van der Waals surface area contributed by atoms with Crippen molar-refractivity contribution in [1.29, 1.82) is 0 Å². The fourth-order valence-electron chi connectivity index (χ4n) is 3.60. The number of nitrogens with zero attached hydrogens (tertiary/aromatic N) is 2. The number of halogens is 2. The van der Waals surface area contributed by atoms with Crippen molar-refractivity contribution in [3.63, 3.8) is 0 Å². The van der Waals surface area contributed by atoms with Crippen molar-refractivity contribution in [2.24, 2.45) is 0 Å². The van der Waals surface area contributed by atoms with Gasteiger partial charge in [0.25, 0.3) is 5.91 Å². The third-order valence-electron chi connectivity index (χ3n) is 5.35. The van der Waals surface area contributed by atoms with Gasteiger partial charge < -0.3 is 19.5 Å². The second-order valence-corrected chi connectivity index (χ2v) is 8.34. The number of hydrogen-bond acceptors (Lipinski definition) is 5. The zero-order valence-corrected chi connectivity index (χ0v) is 19.6. The van der Waals surface area contributed by atoms with Crippen LogP contribution in [-0.2, 0) is 6.54 Å². The maximum atomic E-state index is 13.3. The van der Waals surface area contributed by atoms with Crippen LogP contribution < -0.4 is 19.5 Å². The molecule has 0 aliphatic carbocycles. The zero-order chi connectivity index (χ0) is 23.7. The molecule has 3 aromatic carbocycles. The summed E-state index contributed by atoms with van der Waals surface area (Å²) in [6.45, 7) is 0.498. The van der Waals surface area contributed by atoms with Crippen LogP contribution in [0.1, 0.15) is 16.1 Å². The van der Waals surface area contributed by atoms with Crippen molar-refractivity contribution in [2.75, 3.05) is 13.9 Å². The Morgan fingerprint density at radius 3 is 2.71 bits per heavy atom. The summed E-state index contributed by atoms with van der Waals surface area (Å²) < 4.78 is 17.6. The number of benzene rings is 3. The van der Waals surface area contributed by atoms with Gasteiger partial charge in [0, 0.05) is 12.1 Å². The summed E-state index contributed by atoms with van der Waals surface area (Å²) in [5.74, 6) is 1.74. The predicted molar refractivity (Wildman–Crippen MR) is 129 cm³/mol. The van der Waals surface area contributed by atoms with E-state index in [0.29, 0.717) is 50.9 Å². The molecular weight excluding hydrogens is 477 g/mol. The summed E-state index contributed by atoms with van der Waals surface area (Å²) in [6.07, 6.45) is 0. The van der Waals surface area contributed by atoms with Crippen LogP contribution in [0.25, 0.3) is 16.9 Å². The van der Waals surface area contributed by atoms with E-state index in [1.807, 2.05) is 42.5 Å². The number of hydrogen-bond donors (Lipinski definition) is 1. The summed E-state index contributed by atoms with van der Waals surface area (Å²) in [7, 11) is 1.60. The molecule has 0 atom stereocenters. The van der Waals surface area contributed by atoms with E-state index in [2.05, 4.69) is 10.4 Å². The minimum absolute atomic E-state index is 0.195. The Labute approximate surface area is 205 Å². The summed E-state index contributed by atoms with van der Waals surface area (Å²) in [5.41, 5.74) is 3.25. The molecule has 0 radical (unpaired) electrons. The first kappa shape index (κ1) is 22.1. The van der Waals surface area contributed by atoms with Crippen LogP contribution in [-0.4, -0.2) is 29.6 Å². The molecule has 0 saturated heterocycles. The molecule has 1 aliphatic rings. The van der Waals surface area contributed by atoms with E-state index in [-0.39, 0.29) is 12.7 Å². The van der Waals surface area contributed by atoms with Crippen molar-refractivity contribution in [3.05, 3.63) is 88.0 Å². The quantitative estimate of drug-likeness (QED) is 0.381. The molecule has 7 nitrogen and oxygen atoms in total. The van der Waals surface area contributed by atoms with Gasteiger partial charge in [-0.05, 0) is 54.1 Å². The SMILES string of the molecule is COc1cccc(-c2cc(C(=O)NCc3ccc4c(c3)OCO4)n(-c3ccc(Cl)c(Cl)c3)n2)c1. The van der Waals surface area contributed by atoms with Gasteiger partial charge in [0.2, 0.25) is 6.79 Å². The highest BCUT2D eigenvalue weighted by Gasteiger charge is 2.19. The van der Waals surface area contributed by atoms with Crippen LogP contribution in [0.3, 0.4) is 0 Å². The molecule has 0 fully saturated rings. The van der Waals surface area contributed by atoms with E-state index in [4.69, 9.17) is 37.4 Å². The molecule has 34 heavy (non-hydrogen) atoms. The first-order chi connectivity index (χ1) is 16.5. The number of amides is 1. The van der Waals surface area contributed by atoms with Crippen LogP contribution >= 0.6 is 23.2 Å². The number of carbonyl (C=O) groups excluding carboxylic acids is 1.